The van der Waals surface area contributed by atoms with E-state index in [0.717, 1.165) is 63.1 Å². The molecule has 0 bridgehead atoms. The third-order valence-corrected chi connectivity index (χ3v) is 9.94. The Kier molecular flexibility index (Phi) is 7.91. The molecule has 5 amide bonds. The van der Waals surface area contributed by atoms with Gasteiger partial charge in [-0.25, -0.2) is 14.6 Å². The summed E-state index contributed by atoms with van der Waals surface area (Å²) in [5.41, 5.74) is 5.35. The summed E-state index contributed by atoms with van der Waals surface area (Å²) in [5, 5.41) is 3.90. The summed E-state index contributed by atoms with van der Waals surface area (Å²) in [4.78, 5) is 58.9. The summed E-state index contributed by atoms with van der Waals surface area (Å²) in [5.74, 6) is -1.55. The van der Waals surface area contributed by atoms with E-state index in [9.17, 15) is 19.2 Å². The third-order valence-electron chi connectivity index (χ3n) is 8.66. The lowest BCUT2D eigenvalue weighted by Gasteiger charge is -2.33. The van der Waals surface area contributed by atoms with Gasteiger partial charge in [0, 0.05) is 22.0 Å². The van der Waals surface area contributed by atoms with Crippen molar-refractivity contribution in [3.63, 3.8) is 0 Å². The molecule has 0 atom stereocenters. The molecule has 3 heterocycles. The van der Waals surface area contributed by atoms with Crippen LogP contribution in [0.25, 0.3) is 11.1 Å². The second kappa shape index (κ2) is 12.3. The molecule has 0 saturated carbocycles. The van der Waals surface area contributed by atoms with Crippen LogP contribution in [-0.2, 0) is 22.4 Å². The first-order valence-electron chi connectivity index (χ1n) is 15.6. The van der Waals surface area contributed by atoms with Gasteiger partial charge in [-0.2, -0.15) is 0 Å². The second-order valence-electron chi connectivity index (χ2n) is 11.7. The molecular formula is C38H32N4O4S. The molecule has 234 valence electrons. The van der Waals surface area contributed by atoms with Crippen LogP contribution in [0.15, 0.2) is 103 Å². The molecule has 7 rings (SSSR count). The zero-order valence-electron chi connectivity index (χ0n) is 26.0. The number of hydrogen-bond acceptors (Lipinski definition) is 5. The van der Waals surface area contributed by atoms with Crippen molar-refractivity contribution in [1.29, 1.82) is 0 Å². The van der Waals surface area contributed by atoms with E-state index >= 15 is 0 Å². The molecule has 0 radical (unpaired) electrons. The molecule has 8 nitrogen and oxygen atoms in total. The van der Waals surface area contributed by atoms with Crippen LogP contribution >= 0.6 is 11.3 Å². The number of benzene rings is 3. The predicted octanol–water partition coefficient (Wildman–Crippen LogP) is 7.87. The van der Waals surface area contributed by atoms with Gasteiger partial charge < -0.3 is 9.88 Å². The molecule has 0 spiro atoms. The number of fused-ring (bicyclic) bond motifs is 1. The van der Waals surface area contributed by atoms with Crippen molar-refractivity contribution < 1.29 is 19.2 Å². The number of imide groups is 2. The number of para-hydroxylation sites is 3. The normalized spacial score (nSPS) is 14.8. The van der Waals surface area contributed by atoms with Crippen molar-refractivity contribution in [3.8, 4) is 5.00 Å². The van der Waals surface area contributed by atoms with Gasteiger partial charge in [-0.1, -0.05) is 54.6 Å². The molecule has 1 N–H and O–H groups in total. The summed E-state index contributed by atoms with van der Waals surface area (Å²) in [6, 6.07) is 27.8. The molecule has 1 aliphatic carbocycles. The SMILES string of the molecule is Cc1cc(C=C2C(=O)N(c3ccccc3)C(=O)N(c3ccccc3)C2=O)c(C)n1-c1sc2c(c1C(=O)Nc1ccccc1)CCCC2. The van der Waals surface area contributed by atoms with Crippen LogP contribution in [0, 0.1) is 13.8 Å². The smallest absolute Gasteiger partial charge is 0.322 e. The van der Waals surface area contributed by atoms with Crippen molar-refractivity contribution in [2.75, 3.05) is 15.1 Å². The van der Waals surface area contributed by atoms with Crippen LogP contribution in [0.1, 0.15) is 50.6 Å². The number of hydrogen-bond donors (Lipinski definition) is 1. The summed E-state index contributed by atoms with van der Waals surface area (Å²) in [6.45, 7) is 3.87. The fourth-order valence-corrected chi connectivity index (χ4v) is 7.90. The molecule has 2 aliphatic rings. The topological polar surface area (TPSA) is 91.7 Å². The lowest BCUT2D eigenvalue weighted by molar-refractivity contribution is -0.121. The number of carbonyl (C=O) groups excluding carboxylic acids is 4. The third kappa shape index (κ3) is 5.38. The lowest BCUT2D eigenvalue weighted by Crippen LogP contribution is -2.57. The maximum Gasteiger partial charge on any atom is 0.343 e. The average molecular weight is 641 g/mol. The molecule has 9 heteroatoms. The van der Waals surface area contributed by atoms with Crippen LogP contribution in [0.5, 0.6) is 0 Å². The lowest BCUT2D eigenvalue weighted by atomic mass is 9.95. The highest BCUT2D eigenvalue weighted by molar-refractivity contribution is 7.15. The van der Waals surface area contributed by atoms with Gasteiger partial charge in [0.15, 0.2) is 0 Å². The number of nitrogens with one attached hydrogen (secondary N) is 1. The van der Waals surface area contributed by atoms with Crippen molar-refractivity contribution in [2.45, 2.75) is 39.5 Å². The summed E-state index contributed by atoms with van der Waals surface area (Å²) in [7, 11) is 0. The first-order chi connectivity index (χ1) is 22.8. The Labute approximate surface area is 276 Å². The van der Waals surface area contributed by atoms with E-state index in [1.54, 1.807) is 78.1 Å². The molecule has 3 aromatic carbocycles. The Morgan fingerprint density at radius 2 is 1.32 bits per heavy atom. The van der Waals surface area contributed by atoms with Crippen LogP contribution in [0.2, 0.25) is 0 Å². The van der Waals surface area contributed by atoms with Gasteiger partial charge in [-0.3, -0.25) is 14.4 Å². The zero-order chi connectivity index (χ0) is 32.7. The van der Waals surface area contributed by atoms with Crippen LogP contribution in [-0.4, -0.2) is 28.3 Å². The van der Waals surface area contributed by atoms with Gasteiger partial charge in [-0.05, 0) is 99.2 Å². The molecule has 0 unspecified atom stereocenters. The van der Waals surface area contributed by atoms with Gasteiger partial charge in [0.2, 0.25) is 0 Å². The van der Waals surface area contributed by atoms with Crippen LogP contribution in [0.3, 0.4) is 0 Å². The van der Waals surface area contributed by atoms with Crippen LogP contribution < -0.4 is 15.1 Å². The Bertz CT molecular complexity index is 2000. The molecular weight excluding hydrogens is 609 g/mol. The standard InChI is InChI=1S/C38H32N4O4S/c1-24-22-26(23-31-35(44)41(28-16-8-4-9-17-28)38(46)42(36(31)45)29-18-10-5-11-19-29)25(2)40(24)37-33(30-20-12-13-21-32(30)47-37)34(43)39-27-14-6-3-7-15-27/h3-11,14-19,22-23H,12-13,20-21H2,1-2H3,(H,39,43). The second-order valence-corrected chi connectivity index (χ2v) is 12.7. The molecule has 5 aromatic rings. The van der Waals surface area contributed by atoms with Gasteiger partial charge in [-0.15, -0.1) is 11.3 Å². The summed E-state index contributed by atoms with van der Waals surface area (Å²) >= 11 is 1.62. The van der Waals surface area contributed by atoms with E-state index in [-0.39, 0.29) is 11.5 Å². The van der Waals surface area contributed by atoms with Gasteiger partial charge in [0.25, 0.3) is 17.7 Å². The predicted molar refractivity (Wildman–Crippen MR) is 185 cm³/mol. The highest BCUT2D eigenvalue weighted by Gasteiger charge is 2.44. The molecule has 1 aliphatic heterocycles. The van der Waals surface area contributed by atoms with Crippen molar-refractivity contribution in [1.82, 2.24) is 4.57 Å². The number of nitrogens with zero attached hydrogens (tertiary/aromatic N) is 3. The van der Waals surface area contributed by atoms with Crippen molar-refractivity contribution in [3.05, 3.63) is 136 Å². The molecule has 2 aromatic heterocycles. The van der Waals surface area contributed by atoms with E-state index in [4.69, 9.17) is 0 Å². The highest BCUT2D eigenvalue weighted by atomic mass is 32.1. The minimum atomic E-state index is -0.738. The average Bonchev–Trinajstić information content (AvgIpc) is 3.60. The largest absolute Gasteiger partial charge is 0.343 e. The number of anilines is 3. The van der Waals surface area contributed by atoms with Gasteiger partial charge >= 0.3 is 6.03 Å². The van der Waals surface area contributed by atoms with Crippen molar-refractivity contribution >= 4 is 58.2 Å². The number of aromatic nitrogens is 1. The number of aryl methyl sites for hydroxylation is 2. The first-order valence-corrected chi connectivity index (χ1v) is 16.4. The number of amides is 5. The molecule has 47 heavy (non-hydrogen) atoms. The minimum absolute atomic E-state index is 0.134. The molecule has 1 saturated heterocycles. The van der Waals surface area contributed by atoms with E-state index in [2.05, 4.69) is 5.32 Å². The number of urea groups is 1. The van der Waals surface area contributed by atoms with Gasteiger partial charge in [0.05, 0.1) is 16.9 Å². The van der Waals surface area contributed by atoms with Gasteiger partial charge in [0.1, 0.15) is 10.6 Å². The highest BCUT2D eigenvalue weighted by Crippen LogP contribution is 2.40. The maximum atomic E-state index is 14.0. The van der Waals surface area contributed by atoms with Crippen LogP contribution in [0.4, 0.5) is 21.9 Å². The van der Waals surface area contributed by atoms with E-state index in [1.807, 2.05) is 54.8 Å². The first kappa shape index (κ1) is 30.1. The van der Waals surface area contributed by atoms with E-state index < -0.39 is 17.8 Å². The maximum absolute atomic E-state index is 14.0. The Morgan fingerprint density at radius 1 is 0.766 bits per heavy atom. The Hall–Kier alpha value is -5.54. The van der Waals surface area contributed by atoms with E-state index in [1.165, 1.54) is 4.88 Å². The minimum Gasteiger partial charge on any atom is -0.322 e. The van der Waals surface area contributed by atoms with Crippen molar-refractivity contribution in [2.24, 2.45) is 0 Å². The quantitative estimate of drug-likeness (QED) is 0.151. The number of carbonyl (C=O) groups is 4. The number of barbiturate groups is 1. The Morgan fingerprint density at radius 3 is 1.91 bits per heavy atom. The fraction of sp³-hybridized carbons (Fsp3) is 0.158. The summed E-state index contributed by atoms with van der Waals surface area (Å²) in [6.07, 6.45) is 5.42. The monoisotopic (exact) mass is 640 g/mol. The Balaban J connectivity index is 1.34. The fourth-order valence-electron chi connectivity index (χ4n) is 6.40. The summed E-state index contributed by atoms with van der Waals surface area (Å²) < 4.78 is 2.04. The van der Waals surface area contributed by atoms with E-state index in [0.29, 0.717) is 22.5 Å². The zero-order valence-corrected chi connectivity index (χ0v) is 26.8. The number of thiophene rings is 1. The molecule has 1 fully saturated rings. The number of rotatable bonds is 6.